The van der Waals surface area contributed by atoms with Crippen molar-refractivity contribution in [2.24, 2.45) is 0 Å². The van der Waals surface area contributed by atoms with Gasteiger partial charge >= 0.3 is 5.97 Å². The number of pyridine rings is 1. The summed E-state index contributed by atoms with van der Waals surface area (Å²) in [6.45, 7) is 1.81. The molecule has 0 spiro atoms. The van der Waals surface area contributed by atoms with Crippen LogP contribution in [0.3, 0.4) is 0 Å². The van der Waals surface area contributed by atoms with E-state index in [9.17, 15) is 4.79 Å². The Kier molecular flexibility index (Phi) is 2.84. The normalized spacial score (nSPS) is 9.46. The van der Waals surface area contributed by atoms with E-state index >= 15 is 0 Å². The molecule has 13 heavy (non-hydrogen) atoms. The lowest BCUT2D eigenvalue weighted by molar-refractivity contribution is 0.0600. The fourth-order valence-corrected chi connectivity index (χ4v) is 0.949. The molecule has 1 rings (SSSR count). The van der Waals surface area contributed by atoms with Crippen LogP contribution >= 0.6 is 0 Å². The zero-order chi connectivity index (χ0) is 9.84. The maximum absolute atomic E-state index is 11.1. The van der Waals surface area contributed by atoms with E-state index in [-0.39, 0.29) is 0 Å². The molecule has 4 heteroatoms. The fourth-order valence-electron chi connectivity index (χ4n) is 0.949. The molecule has 0 aliphatic heterocycles. The van der Waals surface area contributed by atoms with Gasteiger partial charge in [0.2, 0.25) is 0 Å². The molecule has 1 heterocycles. The first-order valence-electron chi connectivity index (χ1n) is 3.78. The molecule has 0 amide bonds. The van der Waals surface area contributed by atoms with Crippen LogP contribution in [0.4, 0.5) is 0 Å². The standard InChI is InChI=1S/C9H11NO3/c1-6-8(12-2)4-7(5-10-6)9(11)13-3/h4-5H,1-3H3. The van der Waals surface area contributed by atoms with Gasteiger partial charge in [0.1, 0.15) is 5.75 Å². The molecule has 0 saturated carbocycles. The van der Waals surface area contributed by atoms with Crippen molar-refractivity contribution in [3.8, 4) is 5.75 Å². The Labute approximate surface area is 76.5 Å². The van der Waals surface area contributed by atoms with E-state index in [0.717, 1.165) is 5.69 Å². The Morgan fingerprint density at radius 3 is 2.69 bits per heavy atom. The summed E-state index contributed by atoms with van der Waals surface area (Å²) in [7, 11) is 2.86. The molecule has 1 aromatic rings. The fraction of sp³-hybridized carbons (Fsp3) is 0.333. The summed E-state index contributed by atoms with van der Waals surface area (Å²) in [6, 6.07) is 1.61. The minimum Gasteiger partial charge on any atom is -0.495 e. The van der Waals surface area contributed by atoms with Crippen LogP contribution in [0, 0.1) is 6.92 Å². The van der Waals surface area contributed by atoms with Crippen LogP contribution in [0.15, 0.2) is 12.3 Å². The van der Waals surface area contributed by atoms with Gasteiger partial charge < -0.3 is 9.47 Å². The quantitative estimate of drug-likeness (QED) is 0.643. The second-order valence-corrected chi connectivity index (χ2v) is 2.50. The summed E-state index contributed by atoms with van der Waals surface area (Å²) < 4.78 is 9.55. The van der Waals surface area contributed by atoms with Gasteiger partial charge in [-0.15, -0.1) is 0 Å². The molecule has 0 unspecified atom stereocenters. The number of nitrogens with zero attached hydrogens (tertiary/aromatic N) is 1. The maximum atomic E-state index is 11.1. The van der Waals surface area contributed by atoms with Crippen LogP contribution in [0.2, 0.25) is 0 Å². The Morgan fingerprint density at radius 1 is 1.46 bits per heavy atom. The highest BCUT2D eigenvalue weighted by Crippen LogP contribution is 2.16. The zero-order valence-electron chi connectivity index (χ0n) is 7.83. The third-order valence-electron chi connectivity index (χ3n) is 1.68. The number of aryl methyl sites for hydroxylation is 1. The van der Waals surface area contributed by atoms with Gasteiger partial charge in [0, 0.05) is 6.20 Å². The van der Waals surface area contributed by atoms with Crippen molar-refractivity contribution in [3.63, 3.8) is 0 Å². The van der Waals surface area contributed by atoms with Gasteiger partial charge in [-0.3, -0.25) is 4.98 Å². The lowest BCUT2D eigenvalue weighted by Gasteiger charge is -2.04. The topological polar surface area (TPSA) is 48.4 Å². The molecule has 1 aromatic heterocycles. The van der Waals surface area contributed by atoms with Crippen molar-refractivity contribution in [1.82, 2.24) is 4.98 Å². The zero-order valence-corrected chi connectivity index (χ0v) is 7.83. The minimum atomic E-state index is -0.411. The maximum Gasteiger partial charge on any atom is 0.339 e. The highest BCUT2D eigenvalue weighted by Gasteiger charge is 2.08. The number of methoxy groups -OCH3 is 2. The van der Waals surface area contributed by atoms with E-state index in [4.69, 9.17) is 4.74 Å². The summed E-state index contributed by atoms with van der Waals surface area (Å²) >= 11 is 0. The summed E-state index contributed by atoms with van der Waals surface area (Å²) in [5, 5.41) is 0. The predicted molar refractivity (Wildman–Crippen MR) is 46.9 cm³/mol. The van der Waals surface area contributed by atoms with Crippen LogP contribution in [0.1, 0.15) is 16.1 Å². The van der Waals surface area contributed by atoms with Gasteiger partial charge in [-0.2, -0.15) is 0 Å². The average Bonchev–Trinajstić information content (AvgIpc) is 2.17. The van der Waals surface area contributed by atoms with Crippen molar-refractivity contribution >= 4 is 5.97 Å². The lowest BCUT2D eigenvalue weighted by atomic mass is 10.2. The van der Waals surface area contributed by atoms with Gasteiger partial charge in [-0.1, -0.05) is 0 Å². The van der Waals surface area contributed by atoms with Gasteiger partial charge in [-0.25, -0.2) is 4.79 Å². The molecule has 4 nitrogen and oxygen atoms in total. The molecule has 0 radical (unpaired) electrons. The largest absolute Gasteiger partial charge is 0.495 e. The number of esters is 1. The Hall–Kier alpha value is -1.58. The van der Waals surface area contributed by atoms with Gasteiger partial charge in [0.25, 0.3) is 0 Å². The van der Waals surface area contributed by atoms with E-state index in [1.807, 2.05) is 0 Å². The Balaban J connectivity index is 3.06. The molecule has 0 fully saturated rings. The van der Waals surface area contributed by atoms with Crippen molar-refractivity contribution < 1.29 is 14.3 Å². The van der Waals surface area contributed by atoms with Crippen molar-refractivity contribution in [2.45, 2.75) is 6.92 Å². The second-order valence-electron chi connectivity index (χ2n) is 2.50. The summed E-state index contributed by atoms with van der Waals surface area (Å²) in [5.74, 6) is 0.175. The first-order chi connectivity index (χ1) is 6.19. The van der Waals surface area contributed by atoms with E-state index < -0.39 is 5.97 Å². The summed E-state index contributed by atoms with van der Waals surface area (Å²) in [5.41, 5.74) is 1.14. The molecule has 0 saturated heterocycles. The van der Waals surface area contributed by atoms with Gasteiger partial charge in [0.05, 0.1) is 25.5 Å². The smallest absolute Gasteiger partial charge is 0.339 e. The first-order valence-corrected chi connectivity index (χ1v) is 3.78. The lowest BCUT2D eigenvalue weighted by Crippen LogP contribution is -2.03. The van der Waals surface area contributed by atoms with Gasteiger partial charge in [-0.05, 0) is 13.0 Å². The Morgan fingerprint density at radius 2 is 2.15 bits per heavy atom. The molecule has 0 aliphatic rings. The van der Waals surface area contributed by atoms with Crippen LogP contribution < -0.4 is 4.74 Å². The number of carbonyl (C=O) groups excluding carboxylic acids is 1. The van der Waals surface area contributed by atoms with E-state index in [1.54, 1.807) is 13.0 Å². The highest BCUT2D eigenvalue weighted by molar-refractivity contribution is 5.89. The number of carbonyl (C=O) groups is 1. The molecule has 0 aromatic carbocycles. The van der Waals surface area contributed by atoms with Crippen molar-refractivity contribution in [1.29, 1.82) is 0 Å². The van der Waals surface area contributed by atoms with Crippen molar-refractivity contribution in [3.05, 3.63) is 23.5 Å². The van der Waals surface area contributed by atoms with Gasteiger partial charge in [0.15, 0.2) is 0 Å². The highest BCUT2D eigenvalue weighted by atomic mass is 16.5. The monoisotopic (exact) mass is 181 g/mol. The molecule has 0 aliphatic carbocycles. The molecular formula is C9H11NO3. The second kappa shape index (κ2) is 3.89. The van der Waals surface area contributed by atoms with E-state index in [1.165, 1.54) is 20.4 Å². The average molecular weight is 181 g/mol. The number of hydrogen-bond acceptors (Lipinski definition) is 4. The predicted octanol–water partition coefficient (Wildman–Crippen LogP) is 1.19. The third-order valence-corrected chi connectivity index (χ3v) is 1.68. The van der Waals surface area contributed by atoms with Crippen LogP contribution in [0.25, 0.3) is 0 Å². The number of hydrogen-bond donors (Lipinski definition) is 0. The first kappa shape index (κ1) is 9.51. The van der Waals surface area contributed by atoms with Crippen LogP contribution in [-0.2, 0) is 4.74 Å². The SMILES string of the molecule is COC(=O)c1cnc(C)c(OC)c1. The van der Waals surface area contributed by atoms with Crippen LogP contribution in [-0.4, -0.2) is 25.2 Å². The number of aromatic nitrogens is 1. The Bertz CT molecular complexity index is 323. The number of rotatable bonds is 2. The number of ether oxygens (including phenoxy) is 2. The summed E-state index contributed by atoms with van der Waals surface area (Å²) in [6.07, 6.45) is 1.46. The summed E-state index contributed by atoms with van der Waals surface area (Å²) in [4.78, 5) is 15.1. The molecule has 70 valence electrons. The van der Waals surface area contributed by atoms with E-state index in [2.05, 4.69) is 9.72 Å². The molecule has 0 N–H and O–H groups in total. The van der Waals surface area contributed by atoms with E-state index in [0.29, 0.717) is 11.3 Å². The van der Waals surface area contributed by atoms with Crippen LogP contribution in [0.5, 0.6) is 5.75 Å². The third kappa shape index (κ3) is 1.96. The minimum absolute atomic E-state index is 0.393. The molecule has 0 bridgehead atoms. The molecular weight excluding hydrogens is 170 g/mol. The molecule has 0 atom stereocenters. The van der Waals surface area contributed by atoms with Crippen molar-refractivity contribution in [2.75, 3.05) is 14.2 Å².